The van der Waals surface area contributed by atoms with Gasteiger partial charge in [-0.25, -0.2) is 4.79 Å². The van der Waals surface area contributed by atoms with Crippen LogP contribution in [0.25, 0.3) is 10.9 Å². The Morgan fingerprint density at radius 2 is 1.77 bits per heavy atom. The largest absolute Gasteiger partial charge is 0.444 e. The fraction of sp³-hybridized carbons (Fsp3) is 0.333. The summed E-state index contributed by atoms with van der Waals surface area (Å²) in [6.07, 6.45) is 1.29. The molecule has 0 fully saturated rings. The van der Waals surface area contributed by atoms with Crippen molar-refractivity contribution < 1.29 is 14.3 Å². The van der Waals surface area contributed by atoms with Gasteiger partial charge in [0.1, 0.15) is 5.60 Å². The molecule has 6 nitrogen and oxygen atoms in total. The SMILES string of the molecule is Cc1ccc2c(c1)c([C@@]1(NC(=O)OC(C)(C)C)C(=O)N(C)c3ccccc31)cn2C. The van der Waals surface area contributed by atoms with Crippen LogP contribution in [0.1, 0.15) is 37.5 Å². The van der Waals surface area contributed by atoms with Gasteiger partial charge < -0.3 is 14.2 Å². The van der Waals surface area contributed by atoms with Crippen molar-refractivity contribution in [3.8, 4) is 0 Å². The molecule has 2 heterocycles. The van der Waals surface area contributed by atoms with E-state index < -0.39 is 17.2 Å². The third-order valence-corrected chi connectivity index (χ3v) is 5.53. The van der Waals surface area contributed by atoms with Gasteiger partial charge in [-0.2, -0.15) is 0 Å². The molecule has 1 aliphatic rings. The minimum Gasteiger partial charge on any atom is -0.444 e. The maximum Gasteiger partial charge on any atom is 0.409 e. The zero-order valence-electron chi connectivity index (χ0n) is 18.2. The number of benzene rings is 2. The van der Waals surface area contributed by atoms with Crippen LogP contribution in [-0.2, 0) is 22.1 Å². The number of fused-ring (bicyclic) bond motifs is 2. The summed E-state index contributed by atoms with van der Waals surface area (Å²) in [5.41, 5.74) is 2.24. The minimum absolute atomic E-state index is 0.219. The number of hydrogen-bond donors (Lipinski definition) is 1. The molecule has 0 unspecified atom stereocenters. The van der Waals surface area contributed by atoms with E-state index in [0.717, 1.165) is 33.3 Å². The zero-order valence-corrected chi connectivity index (χ0v) is 18.2. The first kappa shape index (κ1) is 20.0. The number of carbonyl (C=O) groups is 2. The van der Waals surface area contributed by atoms with Crippen LogP contribution >= 0.6 is 0 Å². The summed E-state index contributed by atoms with van der Waals surface area (Å²) in [5, 5.41) is 3.88. The van der Waals surface area contributed by atoms with Crippen molar-refractivity contribution in [2.45, 2.75) is 38.8 Å². The van der Waals surface area contributed by atoms with Gasteiger partial charge in [0.2, 0.25) is 0 Å². The summed E-state index contributed by atoms with van der Waals surface area (Å²) in [7, 11) is 3.67. The quantitative estimate of drug-likeness (QED) is 0.694. The monoisotopic (exact) mass is 405 g/mol. The van der Waals surface area contributed by atoms with Gasteiger partial charge >= 0.3 is 6.09 Å². The summed E-state index contributed by atoms with van der Waals surface area (Å²) < 4.78 is 7.54. The van der Waals surface area contributed by atoms with Gasteiger partial charge in [-0.15, -0.1) is 0 Å². The summed E-state index contributed by atoms with van der Waals surface area (Å²) in [4.78, 5) is 28.3. The molecule has 30 heavy (non-hydrogen) atoms. The van der Waals surface area contributed by atoms with Crippen LogP contribution in [0.3, 0.4) is 0 Å². The molecule has 0 saturated heterocycles. The van der Waals surface area contributed by atoms with E-state index in [2.05, 4.69) is 11.4 Å². The van der Waals surface area contributed by atoms with Crippen molar-refractivity contribution in [2.75, 3.05) is 11.9 Å². The van der Waals surface area contributed by atoms with E-state index in [1.807, 2.05) is 61.1 Å². The lowest BCUT2D eigenvalue weighted by Gasteiger charge is -2.31. The highest BCUT2D eigenvalue weighted by Gasteiger charge is 2.54. The second kappa shape index (κ2) is 6.62. The predicted octanol–water partition coefficient (Wildman–Crippen LogP) is 4.23. The molecule has 4 rings (SSSR count). The van der Waals surface area contributed by atoms with Gasteiger partial charge in [0.25, 0.3) is 5.91 Å². The van der Waals surface area contributed by atoms with Crippen molar-refractivity contribution in [2.24, 2.45) is 7.05 Å². The van der Waals surface area contributed by atoms with E-state index in [1.54, 1.807) is 32.7 Å². The number of rotatable bonds is 2. The first-order valence-electron chi connectivity index (χ1n) is 9.99. The summed E-state index contributed by atoms with van der Waals surface area (Å²) in [5.74, 6) is -0.219. The molecule has 0 aliphatic carbocycles. The molecular formula is C24H27N3O3. The van der Waals surface area contributed by atoms with Gasteiger partial charge in [0.05, 0.1) is 0 Å². The van der Waals surface area contributed by atoms with Crippen LogP contribution in [0.15, 0.2) is 48.7 Å². The van der Waals surface area contributed by atoms with Gasteiger partial charge in [-0.05, 0) is 45.9 Å². The number of carbonyl (C=O) groups excluding carboxylic acids is 2. The van der Waals surface area contributed by atoms with E-state index in [4.69, 9.17) is 4.74 Å². The Hall–Kier alpha value is -3.28. The number of nitrogens with one attached hydrogen (secondary N) is 1. The van der Waals surface area contributed by atoms with Crippen LogP contribution < -0.4 is 10.2 Å². The van der Waals surface area contributed by atoms with E-state index in [0.29, 0.717) is 0 Å². The van der Waals surface area contributed by atoms with E-state index in [9.17, 15) is 9.59 Å². The molecule has 3 aromatic rings. The van der Waals surface area contributed by atoms with Crippen LogP contribution in [0, 0.1) is 6.92 Å². The van der Waals surface area contributed by atoms with Gasteiger partial charge in [0.15, 0.2) is 5.54 Å². The Balaban J connectivity index is 2.01. The Morgan fingerprint density at radius 1 is 1.07 bits per heavy atom. The molecule has 0 spiro atoms. The molecular weight excluding hydrogens is 378 g/mol. The number of aryl methyl sites for hydroxylation is 2. The van der Waals surface area contributed by atoms with E-state index >= 15 is 0 Å². The fourth-order valence-electron chi connectivity index (χ4n) is 4.27. The lowest BCUT2D eigenvalue weighted by atomic mass is 9.83. The maximum atomic E-state index is 13.8. The Labute approximate surface area is 176 Å². The molecule has 0 radical (unpaired) electrons. The summed E-state index contributed by atoms with van der Waals surface area (Å²) in [6, 6.07) is 13.7. The van der Waals surface area contributed by atoms with Gasteiger partial charge in [-0.3, -0.25) is 10.1 Å². The third-order valence-electron chi connectivity index (χ3n) is 5.53. The number of anilines is 1. The Bertz CT molecular complexity index is 1170. The number of para-hydroxylation sites is 1. The maximum absolute atomic E-state index is 13.8. The van der Waals surface area contributed by atoms with Crippen LogP contribution in [-0.4, -0.2) is 29.2 Å². The highest BCUT2D eigenvalue weighted by molar-refractivity contribution is 6.13. The predicted molar refractivity (Wildman–Crippen MR) is 118 cm³/mol. The van der Waals surface area contributed by atoms with Crippen LogP contribution in [0.2, 0.25) is 0 Å². The van der Waals surface area contributed by atoms with Crippen molar-refractivity contribution in [1.82, 2.24) is 9.88 Å². The standard InChI is InChI=1S/C24H27N3O3/c1-15-11-12-19-16(13-15)18(14-26(19)5)24(25-22(29)30-23(2,3)4)17-9-7-8-10-20(17)27(6)21(24)28/h7-14H,1-6H3,(H,25,29)/t24-/m1/s1. The second-order valence-corrected chi connectivity index (χ2v) is 8.93. The Kier molecular flexibility index (Phi) is 4.42. The lowest BCUT2D eigenvalue weighted by molar-refractivity contribution is -0.122. The third kappa shape index (κ3) is 2.95. The molecule has 1 N–H and O–H groups in total. The average Bonchev–Trinajstić information content (AvgIpc) is 3.09. The topological polar surface area (TPSA) is 63.6 Å². The first-order valence-corrected chi connectivity index (χ1v) is 9.99. The molecule has 2 aromatic carbocycles. The molecule has 0 saturated carbocycles. The van der Waals surface area contributed by atoms with Crippen LogP contribution in [0.4, 0.5) is 10.5 Å². The minimum atomic E-state index is -1.37. The highest BCUT2D eigenvalue weighted by Crippen LogP contribution is 2.46. The molecule has 6 heteroatoms. The number of aromatic nitrogens is 1. The molecule has 1 atom stereocenters. The average molecular weight is 405 g/mol. The molecule has 1 aliphatic heterocycles. The van der Waals surface area contributed by atoms with E-state index in [-0.39, 0.29) is 5.91 Å². The molecule has 0 bridgehead atoms. The highest BCUT2D eigenvalue weighted by atomic mass is 16.6. The zero-order chi connectivity index (χ0) is 21.8. The van der Waals surface area contributed by atoms with Gasteiger partial charge in [-0.1, -0.05) is 29.8 Å². The second-order valence-electron chi connectivity index (χ2n) is 8.93. The summed E-state index contributed by atoms with van der Waals surface area (Å²) in [6.45, 7) is 7.42. The van der Waals surface area contributed by atoms with E-state index in [1.165, 1.54) is 0 Å². The van der Waals surface area contributed by atoms with Crippen molar-refractivity contribution in [1.29, 1.82) is 0 Å². The number of likely N-dealkylation sites (N-methyl/N-ethyl adjacent to an activating group) is 1. The number of alkyl carbamates (subject to hydrolysis) is 1. The molecule has 156 valence electrons. The van der Waals surface area contributed by atoms with Crippen LogP contribution in [0.5, 0.6) is 0 Å². The molecule has 1 aromatic heterocycles. The number of ether oxygens (including phenoxy) is 1. The lowest BCUT2D eigenvalue weighted by Crippen LogP contribution is -2.54. The smallest absolute Gasteiger partial charge is 0.409 e. The van der Waals surface area contributed by atoms with Gasteiger partial charge in [0, 0.05) is 48.0 Å². The number of hydrogen-bond acceptors (Lipinski definition) is 3. The van der Waals surface area contributed by atoms with Crippen molar-refractivity contribution >= 4 is 28.6 Å². The fourth-order valence-corrected chi connectivity index (χ4v) is 4.27. The number of nitrogens with zero attached hydrogens (tertiary/aromatic N) is 2. The summed E-state index contributed by atoms with van der Waals surface area (Å²) >= 11 is 0. The normalized spacial score (nSPS) is 18.6. The Morgan fingerprint density at radius 3 is 2.47 bits per heavy atom. The number of amides is 2. The first-order chi connectivity index (χ1) is 14.0. The molecule has 2 amide bonds. The van der Waals surface area contributed by atoms with Crippen molar-refractivity contribution in [3.05, 3.63) is 65.4 Å². The van der Waals surface area contributed by atoms with Crippen molar-refractivity contribution in [3.63, 3.8) is 0 Å².